The first-order valence-corrected chi connectivity index (χ1v) is 17.1. The van der Waals surface area contributed by atoms with E-state index in [0.717, 1.165) is 17.7 Å². The number of likely N-dealkylation sites (tertiary alicyclic amines) is 2. The highest BCUT2D eigenvalue weighted by Crippen LogP contribution is 2.55. The molecule has 2 saturated heterocycles. The molecule has 12 heteroatoms. The lowest BCUT2D eigenvalue weighted by Gasteiger charge is -2.50. The molecule has 2 unspecified atom stereocenters. The zero-order valence-corrected chi connectivity index (χ0v) is 27.7. The molecule has 0 radical (unpaired) electrons. The number of rotatable bonds is 8. The highest BCUT2D eigenvalue weighted by atomic mass is 16.5. The number of amides is 2. The molecule has 12 nitrogen and oxygen atoms in total. The lowest BCUT2D eigenvalue weighted by molar-refractivity contribution is -0.145. The number of benzene rings is 1. The summed E-state index contributed by atoms with van der Waals surface area (Å²) in [6, 6.07) is 11.3. The molecule has 4 aromatic rings. The molecule has 48 heavy (non-hydrogen) atoms. The third-order valence-corrected chi connectivity index (χ3v) is 11.3. The van der Waals surface area contributed by atoms with Crippen LogP contribution in [0.5, 0.6) is 0 Å². The Labute approximate surface area is 279 Å². The van der Waals surface area contributed by atoms with Crippen LogP contribution in [0.1, 0.15) is 110 Å². The Kier molecular flexibility index (Phi) is 7.27. The molecule has 2 saturated carbocycles. The molecule has 248 valence electrons. The zero-order chi connectivity index (χ0) is 33.2. The summed E-state index contributed by atoms with van der Waals surface area (Å²) in [4.78, 5) is 35.9. The SMILES string of the molecule is CC(c1nc(C2CN(C(=O)c3cnn(Cc4ccc(C#N)cc4)c3)CC23CN(C(=O)[C@H]2CC2(C)C)C3)no1)n1ccc(C2CCCC2)n1. The summed E-state index contributed by atoms with van der Waals surface area (Å²) >= 11 is 0. The van der Waals surface area contributed by atoms with Gasteiger partial charge in [0.1, 0.15) is 6.04 Å². The molecule has 2 aliphatic heterocycles. The Balaban J connectivity index is 1.01. The Bertz CT molecular complexity index is 1880. The van der Waals surface area contributed by atoms with Gasteiger partial charge in [-0.05, 0) is 55.4 Å². The van der Waals surface area contributed by atoms with Crippen LogP contribution >= 0.6 is 0 Å². The van der Waals surface area contributed by atoms with Gasteiger partial charge in [-0.1, -0.05) is 44.0 Å². The second-order valence-corrected chi connectivity index (χ2v) is 15.1. The largest absolute Gasteiger partial charge is 0.341 e. The number of carbonyl (C=O) groups is 2. The molecule has 3 aromatic heterocycles. The van der Waals surface area contributed by atoms with E-state index in [1.807, 2.05) is 39.7 Å². The van der Waals surface area contributed by atoms with Crippen LogP contribution in [0.2, 0.25) is 0 Å². The van der Waals surface area contributed by atoms with Crippen LogP contribution in [0.25, 0.3) is 0 Å². The molecular formula is C36H41N9O3. The molecule has 0 bridgehead atoms. The number of aromatic nitrogens is 6. The van der Waals surface area contributed by atoms with Gasteiger partial charge in [0, 0.05) is 55.8 Å². The van der Waals surface area contributed by atoms with Gasteiger partial charge in [-0.25, -0.2) is 0 Å². The van der Waals surface area contributed by atoms with E-state index in [9.17, 15) is 9.59 Å². The van der Waals surface area contributed by atoms with Crippen LogP contribution in [0.3, 0.4) is 0 Å². The quantitative estimate of drug-likeness (QED) is 0.267. The van der Waals surface area contributed by atoms with Crippen molar-refractivity contribution < 1.29 is 14.1 Å². The van der Waals surface area contributed by atoms with Gasteiger partial charge in [0.2, 0.25) is 5.91 Å². The van der Waals surface area contributed by atoms with Gasteiger partial charge >= 0.3 is 0 Å². The summed E-state index contributed by atoms with van der Waals surface area (Å²) in [6.07, 6.45) is 11.2. The molecule has 5 heterocycles. The van der Waals surface area contributed by atoms with Gasteiger partial charge in [-0.15, -0.1) is 0 Å². The molecule has 0 N–H and O–H groups in total. The fraction of sp³-hybridized carbons (Fsp3) is 0.528. The van der Waals surface area contributed by atoms with Gasteiger partial charge in [-0.3, -0.25) is 19.0 Å². The minimum Gasteiger partial charge on any atom is -0.341 e. The van der Waals surface area contributed by atoms with E-state index in [2.05, 4.69) is 36.2 Å². The smallest absolute Gasteiger partial charge is 0.257 e. The van der Waals surface area contributed by atoms with Crippen LogP contribution < -0.4 is 0 Å². The molecule has 3 atom stereocenters. The molecule has 4 fully saturated rings. The van der Waals surface area contributed by atoms with E-state index in [0.29, 0.717) is 61.5 Å². The van der Waals surface area contributed by atoms with E-state index >= 15 is 0 Å². The Morgan fingerprint density at radius 3 is 2.52 bits per heavy atom. The maximum Gasteiger partial charge on any atom is 0.257 e. The predicted molar refractivity (Wildman–Crippen MR) is 174 cm³/mol. The average Bonchev–Trinajstić information content (AvgIpc) is 3.80. The molecule has 8 rings (SSSR count). The van der Waals surface area contributed by atoms with Gasteiger partial charge < -0.3 is 14.3 Å². The van der Waals surface area contributed by atoms with Crippen molar-refractivity contribution in [2.45, 2.75) is 77.3 Å². The molecule has 2 aliphatic carbocycles. The normalized spacial score (nSPS) is 23.3. The molecule has 1 aromatic carbocycles. The van der Waals surface area contributed by atoms with Gasteiger partial charge in [0.05, 0.1) is 41.5 Å². The van der Waals surface area contributed by atoms with Crippen molar-refractivity contribution >= 4 is 11.8 Å². The van der Waals surface area contributed by atoms with Crippen molar-refractivity contribution in [2.75, 3.05) is 26.2 Å². The Morgan fingerprint density at radius 2 is 1.81 bits per heavy atom. The maximum atomic E-state index is 13.9. The lowest BCUT2D eigenvalue weighted by atomic mass is 9.71. The van der Waals surface area contributed by atoms with Crippen LogP contribution in [0.15, 0.2) is 53.4 Å². The highest BCUT2D eigenvalue weighted by molar-refractivity contribution is 5.94. The van der Waals surface area contributed by atoms with E-state index in [1.54, 1.807) is 29.2 Å². The number of hydrogen-bond donors (Lipinski definition) is 0. The summed E-state index contributed by atoms with van der Waals surface area (Å²) in [6.45, 7) is 8.84. The van der Waals surface area contributed by atoms with E-state index in [-0.39, 0.29) is 40.5 Å². The second-order valence-electron chi connectivity index (χ2n) is 15.1. The summed E-state index contributed by atoms with van der Waals surface area (Å²) in [7, 11) is 0. The van der Waals surface area contributed by atoms with E-state index < -0.39 is 0 Å². The van der Waals surface area contributed by atoms with Crippen LogP contribution in [0, 0.1) is 28.1 Å². The van der Waals surface area contributed by atoms with Crippen molar-refractivity contribution in [1.29, 1.82) is 5.26 Å². The van der Waals surface area contributed by atoms with Gasteiger partial charge in [0.25, 0.3) is 11.8 Å². The zero-order valence-electron chi connectivity index (χ0n) is 27.7. The van der Waals surface area contributed by atoms with Crippen LogP contribution in [-0.2, 0) is 11.3 Å². The maximum absolute atomic E-state index is 13.9. The summed E-state index contributed by atoms with van der Waals surface area (Å²) in [5, 5.41) is 22.9. The first-order chi connectivity index (χ1) is 23.1. The van der Waals surface area contributed by atoms with Crippen molar-refractivity contribution in [2.24, 2.45) is 16.7 Å². The Morgan fingerprint density at radius 1 is 1.08 bits per heavy atom. The topological polar surface area (TPSA) is 139 Å². The second kappa shape index (κ2) is 11.4. The van der Waals surface area contributed by atoms with Crippen molar-refractivity contribution in [3.05, 3.63) is 83.0 Å². The average molecular weight is 648 g/mol. The minimum atomic E-state index is -0.353. The first kappa shape index (κ1) is 30.5. The van der Waals surface area contributed by atoms with Crippen molar-refractivity contribution in [1.82, 2.24) is 39.5 Å². The minimum absolute atomic E-state index is 0.0532. The predicted octanol–water partition coefficient (Wildman–Crippen LogP) is 4.76. The fourth-order valence-corrected chi connectivity index (χ4v) is 8.07. The van der Waals surface area contributed by atoms with Crippen molar-refractivity contribution in [3.8, 4) is 6.07 Å². The van der Waals surface area contributed by atoms with E-state index in [4.69, 9.17) is 19.9 Å². The Hall–Kier alpha value is -4.79. The number of carbonyl (C=O) groups excluding carboxylic acids is 2. The molecule has 2 amide bonds. The lowest BCUT2D eigenvalue weighted by Crippen LogP contribution is -2.62. The van der Waals surface area contributed by atoms with Crippen LogP contribution in [0.4, 0.5) is 0 Å². The number of nitrogens with zero attached hydrogens (tertiary/aromatic N) is 9. The highest BCUT2D eigenvalue weighted by Gasteiger charge is 2.61. The summed E-state index contributed by atoms with van der Waals surface area (Å²) in [5.74, 6) is 1.57. The third kappa shape index (κ3) is 5.39. The molecular weight excluding hydrogens is 606 g/mol. The first-order valence-electron chi connectivity index (χ1n) is 17.1. The van der Waals surface area contributed by atoms with Crippen LogP contribution in [-0.4, -0.2) is 77.5 Å². The standard InChI is InChI=1S/C36H41N9O3/c1-23(45-13-12-30(40-45)26-6-4-5-7-26)32-39-31(41-48-32)29-19-42(20-36(29)21-43(22-36)34(47)28-14-35(28,2)3)33(46)27-16-38-44(18-27)17-25-10-8-24(15-37)9-11-25/h8-13,16,18,23,26,28-29H,4-7,14,17,19-22H2,1-3H3/t23?,28-,29?/m1/s1. The van der Waals surface area contributed by atoms with E-state index in [1.165, 1.54) is 25.7 Å². The third-order valence-electron chi connectivity index (χ3n) is 11.3. The van der Waals surface area contributed by atoms with Gasteiger partial charge in [-0.2, -0.15) is 20.4 Å². The number of hydrogen-bond acceptors (Lipinski definition) is 8. The molecule has 4 aliphatic rings. The fourth-order valence-electron chi connectivity index (χ4n) is 8.07. The molecule has 1 spiro atoms. The monoisotopic (exact) mass is 647 g/mol. The number of nitriles is 1. The van der Waals surface area contributed by atoms with Crippen molar-refractivity contribution in [3.63, 3.8) is 0 Å². The summed E-state index contributed by atoms with van der Waals surface area (Å²) < 4.78 is 9.50. The summed E-state index contributed by atoms with van der Waals surface area (Å²) in [5.41, 5.74) is 2.92. The van der Waals surface area contributed by atoms with Gasteiger partial charge in [0.15, 0.2) is 5.82 Å².